The second kappa shape index (κ2) is 15.6. The molecule has 12 nitrogen and oxygen atoms in total. The number of hydrogen-bond acceptors (Lipinski definition) is 7. The highest BCUT2D eigenvalue weighted by Gasteiger charge is 2.48. The van der Waals surface area contributed by atoms with Gasteiger partial charge in [-0.15, -0.1) is 0 Å². The third kappa shape index (κ3) is 8.23. The number of aromatic nitrogens is 2. The molecular formula is C35H50FN7O5. The van der Waals surface area contributed by atoms with Gasteiger partial charge < -0.3 is 30.5 Å². The van der Waals surface area contributed by atoms with Gasteiger partial charge in [0.05, 0.1) is 5.69 Å². The van der Waals surface area contributed by atoms with E-state index in [4.69, 9.17) is 4.74 Å². The molecule has 2 aromatic rings. The van der Waals surface area contributed by atoms with Crippen molar-refractivity contribution in [2.24, 2.45) is 17.8 Å². The van der Waals surface area contributed by atoms with Crippen LogP contribution in [0.2, 0.25) is 0 Å². The number of benzene rings is 1. The van der Waals surface area contributed by atoms with Crippen LogP contribution in [0.1, 0.15) is 74.8 Å². The van der Waals surface area contributed by atoms with E-state index in [2.05, 4.69) is 25.9 Å². The van der Waals surface area contributed by atoms with Gasteiger partial charge in [-0.3, -0.25) is 23.9 Å². The first-order chi connectivity index (χ1) is 23.1. The first-order valence-electron chi connectivity index (χ1n) is 17.3. The summed E-state index contributed by atoms with van der Waals surface area (Å²) in [5, 5.41) is 12.8. The predicted molar refractivity (Wildman–Crippen MR) is 179 cm³/mol. The summed E-state index contributed by atoms with van der Waals surface area (Å²) in [7, 11) is 3.44. The fourth-order valence-corrected chi connectivity index (χ4v) is 6.87. The number of amides is 4. The van der Waals surface area contributed by atoms with Crippen LogP contribution in [0.15, 0.2) is 30.5 Å². The van der Waals surface area contributed by atoms with E-state index in [0.29, 0.717) is 62.2 Å². The second-order valence-corrected chi connectivity index (χ2v) is 13.5. The molecule has 2 aliphatic carbocycles. The average molecular weight is 668 g/mol. The number of halogens is 1. The Bertz CT molecular complexity index is 1450. The average Bonchev–Trinajstić information content (AvgIpc) is 4.03. The lowest BCUT2D eigenvalue weighted by Gasteiger charge is -2.36. The highest BCUT2D eigenvalue weighted by atomic mass is 19.1. The molecule has 2 saturated carbocycles. The Morgan fingerprint density at radius 3 is 2.19 bits per heavy atom. The third-order valence-corrected chi connectivity index (χ3v) is 10.1. The maximum atomic E-state index is 15.8. The van der Waals surface area contributed by atoms with E-state index in [9.17, 15) is 19.2 Å². The van der Waals surface area contributed by atoms with Gasteiger partial charge in [0.2, 0.25) is 17.7 Å². The highest BCUT2D eigenvalue weighted by Crippen LogP contribution is 2.51. The molecule has 1 aromatic carbocycles. The molecule has 4 amide bonds. The maximum Gasteiger partial charge on any atom is 0.270 e. The minimum absolute atomic E-state index is 0.0180. The zero-order valence-corrected chi connectivity index (χ0v) is 28.7. The van der Waals surface area contributed by atoms with Crippen molar-refractivity contribution in [3.05, 3.63) is 47.5 Å². The molecule has 0 spiro atoms. The minimum atomic E-state index is -0.945. The molecule has 1 unspecified atom stereocenters. The van der Waals surface area contributed by atoms with Crippen LogP contribution in [0.5, 0.6) is 0 Å². The van der Waals surface area contributed by atoms with Crippen LogP contribution in [0, 0.1) is 23.6 Å². The van der Waals surface area contributed by atoms with Crippen molar-refractivity contribution in [2.75, 3.05) is 45.7 Å². The first-order valence-corrected chi connectivity index (χ1v) is 17.3. The number of aryl methyl sites for hydroxylation is 1. The molecule has 1 aromatic heterocycles. The van der Waals surface area contributed by atoms with Crippen molar-refractivity contribution in [1.82, 2.24) is 30.2 Å². The number of hydrogen-bond donors (Lipinski definition) is 3. The van der Waals surface area contributed by atoms with Crippen LogP contribution in [0.3, 0.4) is 0 Å². The summed E-state index contributed by atoms with van der Waals surface area (Å²) in [5.74, 6) is -2.09. The molecule has 1 saturated heterocycles. The van der Waals surface area contributed by atoms with Crippen molar-refractivity contribution in [2.45, 2.75) is 83.5 Å². The van der Waals surface area contributed by atoms with Crippen LogP contribution in [0.4, 0.5) is 10.1 Å². The van der Waals surface area contributed by atoms with E-state index < -0.39 is 41.7 Å². The number of carbonyl (C=O) groups excluding carboxylic acids is 4. The van der Waals surface area contributed by atoms with E-state index in [1.54, 1.807) is 34.8 Å². The number of likely N-dealkylation sites (N-methyl/N-ethyl adjacent to an activating group) is 1. The maximum absolute atomic E-state index is 15.8. The Labute approximate surface area is 282 Å². The zero-order chi connectivity index (χ0) is 34.5. The number of methoxy groups -OCH3 is 1. The summed E-state index contributed by atoms with van der Waals surface area (Å²) < 4.78 is 22.7. The van der Waals surface area contributed by atoms with Crippen LogP contribution in [0.25, 0.3) is 0 Å². The molecule has 4 atom stereocenters. The van der Waals surface area contributed by atoms with Crippen molar-refractivity contribution in [1.29, 1.82) is 0 Å². The molecular weight excluding hydrogens is 617 g/mol. The van der Waals surface area contributed by atoms with Gasteiger partial charge in [-0.25, -0.2) is 4.39 Å². The Kier molecular flexibility index (Phi) is 11.5. The third-order valence-electron chi connectivity index (χ3n) is 10.1. The Morgan fingerprint density at radius 2 is 1.62 bits per heavy atom. The predicted octanol–water partition coefficient (Wildman–Crippen LogP) is 3.00. The molecule has 262 valence electrons. The smallest absolute Gasteiger partial charge is 0.270 e. The van der Waals surface area contributed by atoms with E-state index >= 15 is 4.39 Å². The topological polar surface area (TPSA) is 138 Å². The Morgan fingerprint density at radius 1 is 0.958 bits per heavy atom. The monoisotopic (exact) mass is 667 g/mol. The van der Waals surface area contributed by atoms with Crippen molar-refractivity contribution < 1.29 is 28.3 Å². The molecule has 2 heterocycles. The molecule has 3 aliphatic rings. The van der Waals surface area contributed by atoms with Crippen molar-refractivity contribution in [3.8, 4) is 0 Å². The van der Waals surface area contributed by atoms with Crippen LogP contribution in [-0.4, -0.2) is 102 Å². The number of nitrogens with zero attached hydrogens (tertiary/aromatic N) is 4. The molecule has 0 radical (unpaired) electrons. The summed E-state index contributed by atoms with van der Waals surface area (Å²) in [5.41, 5.74) is 0.847. The number of ether oxygens (including phenoxy) is 1. The van der Waals surface area contributed by atoms with Crippen LogP contribution >= 0.6 is 0 Å². The normalized spacial score (nSPS) is 19.4. The summed E-state index contributed by atoms with van der Waals surface area (Å²) in [4.78, 5) is 57.9. The van der Waals surface area contributed by atoms with E-state index in [1.165, 1.54) is 19.2 Å². The summed E-state index contributed by atoms with van der Waals surface area (Å²) in [6.07, 6.45) is 5.27. The summed E-state index contributed by atoms with van der Waals surface area (Å²) >= 11 is 0. The standard InChI is InChI=1S/C35H50FN7O5/c1-6-28(48-5)33(45)39-30(35(47)42-18-16-41(4)17-19-42)21(3)24-12-13-26(25(36)20-24)38-34(46)31(29(22-8-9-22)23-10-11-23)40-32(44)27-14-15-37-43(27)7-2/h12-15,20-23,28-31H,6-11,16-19H2,1-5H3,(H,38,46)(H,39,45)(H,40,44)/t21-,28?,30+,31-/m0/s1. The fraction of sp³-hybridized carbons (Fsp3) is 0.629. The molecule has 0 bridgehead atoms. The highest BCUT2D eigenvalue weighted by molar-refractivity contribution is 6.01. The van der Waals surface area contributed by atoms with Crippen molar-refractivity contribution in [3.63, 3.8) is 0 Å². The van der Waals surface area contributed by atoms with Gasteiger partial charge in [-0.1, -0.05) is 19.9 Å². The van der Waals surface area contributed by atoms with Crippen molar-refractivity contribution >= 4 is 29.3 Å². The van der Waals surface area contributed by atoms with E-state index in [-0.39, 0.29) is 23.4 Å². The molecule has 3 N–H and O–H groups in total. The summed E-state index contributed by atoms with van der Waals surface area (Å²) in [6.45, 7) is 8.48. The van der Waals surface area contributed by atoms with Gasteiger partial charge in [0.15, 0.2) is 0 Å². The molecule has 3 fully saturated rings. The Hall–Kier alpha value is -3.84. The largest absolute Gasteiger partial charge is 0.372 e. The Balaban J connectivity index is 1.35. The number of anilines is 1. The van der Waals surface area contributed by atoms with Gasteiger partial charge in [-0.05, 0) is 87.6 Å². The van der Waals surface area contributed by atoms with Gasteiger partial charge >= 0.3 is 0 Å². The van der Waals surface area contributed by atoms with Gasteiger partial charge in [-0.2, -0.15) is 5.10 Å². The minimum Gasteiger partial charge on any atom is -0.372 e. The number of rotatable bonds is 15. The number of nitrogens with one attached hydrogen (secondary N) is 3. The number of carbonyl (C=O) groups is 4. The molecule has 5 rings (SSSR count). The van der Waals surface area contributed by atoms with E-state index in [1.807, 2.05) is 20.9 Å². The van der Waals surface area contributed by atoms with Crippen LogP contribution in [-0.2, 0) is 25.7 Å². The first kappa shape index (κ1) is 35.5. The lowest BCUT2D eigenvalue weighted by Crippen LogP contribution is -2.57. The van der Waals surface area contributed by atoms with Gasteiger partial charge in [0.25, 0.3) is 5.91 Å². The molecule has 48 heavy (non-hydrogen) atoms. The zero-order valence-electron chi connectivity index (χ0n) is 28.7. The van der Waals surface area contributed by atoms with Gasteiger partial charge in [0, 0.05) is 51.9 Å². The molecule has 1 aliphatic heterocycles. The fourth-order valence-electron chi connectivity index (χ4n) is 6.87. The van der Waals surface area contributed by atoms with E-state index in [0.717, 1.165) is 25.7 Å². The molecule has 13 heteroatoms. The van der Waals surface area contributed by atoms with Crippen LogP contribution < -0.4 is 16.0 Å². The lowest BCUT2D eigenvalue weighted by molar-refractivity contribution is -0.141. The quantitative estimate of drug-likeness (QED) is 0.266. The summed E-state index contributed by atoms with van der Waals surface area (Å²) in [6, 6.07) is 4.30. The SMILES string of the molecule is CCC(OC)C(=O)N[C@@H](C(=O)N1CCN(C)CC1)[C@@H](C)c1ccc(NC(=O)[C@@H](NC(=O)c2ccnn2CC)C(C2CC2)C2CC2)c(F)c1. The number of piperazine rings is 1. The second-order valence-electron chi connectivity index (χ2n) is 13.5. The van der Waals surface area contributed by atoms with Gasteiger partial charge in [0.1, 0.15) is 29.7 Å². The lowest BCUT2D eigenvalue weighted by atomic mass is 9.88.